The lowest BCUT2D eigenvalue weighted by Gasteiger charge is -2.29. The molecule has 0 N–H and O–H groups in total. The SMILES string of the molecule is c1ccc(-c2ccc(-c3c4ccccc4c(N(c4ccccc4)c4ccc5ccccc5c4)c4ccccc34)cc2)cc1. The Balaban J connectivity index is 1.41. The lowest BCUT2D eigenvalue weighted by Crippen LogP contribution is -2.11. The molecule has 0 spiro atoms. The number of para-hydroxylation sites is 1. The Morgan fingerprint density at radius 3 is 1.44 bits per heavy atom. The fourth-order valence-corrected chi connectivity index (χ4v) is 6.42. The van der Waals surface area contributed by atoms with E-state index in [1.807, 2.05) is 0 Å². The van der Waals surface area contributed by atoms with Crippen molar-refractivity contribution in [3.63, 3.8) is 0 Å². The van der Waals surface area contributed by atoms with Crippen LogP contribution in [0.1, 0.15) is 0 Å². The zero-order chi connectivity index (χ0) is 28.6. The minimum atomic E-state index is 1.13. The Kier molecular flexibility index (Phi) is 6.20. The lowest BCUT2D eigenvalue weighted by atomic mass is 9.89. The molecule has 1 heteroatoms. The predicted molar refractivity (Wildman–Crippen MR) is 185 cm³/mol. The first-order chi connectivity index (χ1) is 21.3. The minimum Gasteiger partial charge on any atom is -0.309 e. The fourth-order valence-electron chi connectivity index (χ4n) is 6.42. The summed E-state index contributed by atoms with van der Waals surface area (Å²) in [5.74, 6) is 0. The molecule has 0 radical (unpaired) electrons. The van der Waals surface area contributed by atoms with Crippen molar-refractivity contribution in [3.05, 3.63) is 176 Å². The zero-order valence-electron chi connectivity index (χ0n) is 23.7. The number of hydrogen-bond acceptors (Lipinski definition) is 1. The summed E-state index contributed by atoms with van der Waals surface area (Å²) in [6.45, 7) is 0. The van der Waals surface area contributed by atoms with Crippen LogP contribution in [0.4, 0.5) is 17.1 Å². The minimum absolute atomic E-state index is 1.13. The summed E-state index contributed by atoms with van der Waals surface area (Å²) in [4.78, 5) is 2.43. The van der Waals surface area contributed by atoms with E-state index in [0.717, 1.165) is 11.4 Å². The van der Waals surface area contributed by atoms with Gasteiger partial charge in [-0.3, -0.25) is 0 Å². The van der Waals surface area contributed by atoms with Gasteiger partial charge in [0.15, 0.2) is 0 Å². The summed E-state index contributed by atoms with van der Waals surface area (Å²) in [6.07, 6.45) is 0. The van der Waals surface area contributed by atoms with Crippen LogP contribution in [0.2, 0.25) is 0 Å². The van der Waals surface area contributed by atoms with E-state index in [1.165, 1.54) is 60.3 Å². The maximum Gasteiger partial charge on any atom is 0.0618 e. The van der Waals surface area contributed by atoms with E-state index < -0.39 is 0 Å². The quantitative estimate of drug-likeness (QED) is 0.194. The van der Waals surface area contributed by atoms with E-state index >= 15 is 0 Å². The number of rotatable bonds is 5. The number of anilines is 3. The van der Waals surface area contributed by atoms with Crippen molar-refractivity contribution in [1.29, 1.82) is 0 Å². The highest BCUT2D eigenvalue weighted by atomic mass is 15.1. The summed E-state index contributed by atoms with van der Waals surface area (Å²) in [7, 11) is 0. The van der Waals surface area contributed by atoms with Gasteiger partial charge >= 0.3 is 0 Å². The van der Waals surface area contributed by atoms with Gasteiger partial charge in [-0.05, 0) is 68.1 Å². The first kappa shape index (κ1) is 25.1. The smallest absolute Gasteiger partial charge is 0.0618 e. The van der Waals surface area contributed by atoms with E-state index in [9.17, 15) is 0 Å². The van der Waals surface area contributed by atoms with Crippen LogP contribution in [0.3, 0.4) is 0 Å². The molecule has 0 amide bonds. The Bertz CT molecular complexity index is 2160. The molecule has 0 aliphatic rings. The van der Waals surface area contributed by atoms with Gasteiger partial charge in [-0.2, -0.15) is 0 Å². The molecule has 0 saturated carbocycles. The molecule has 0 saturated heterocycles. The third-order valence-electron chi connectivity index (χ3n) is 8.41. The van der Waals surface area contributed by atoms with Crippen molar-refractivity contribution < 1.29 is 0 Å². The van der Waals surface area contributed by atoms with Crippen LogP contribution in [-0.2, 0) is 0 Å². The number of hydrogen-bond donors (Lipinski definition) is 0. The van der Waals surface area contributed by atoms with Crippen LogP contribution in [0.15, 0.2) is 176 Å². The normalized spacial score (nSPS) is 11.3. The van der Waals surface area contributed by atoms with Crippen molar-refractivity contribution in [2.75, 3.05) is 4.90 Å². The topological polar surface area (TPSA) is 3.24 Å². The van der Waals surface area contributed by atoms with E-state index in [0.29, 0.717) is 0 Å². The van der Waals surface area contributed by atoms with Gasteiger partial charge in [0.25, 0.3) is 0 Å². The van der Waals surface area contributed by atoms with Crippen molar-refractivity contribution in [2.45, 2.75) is 0 Å². The zero-order valence-corrected chi connectivity index (χ0v) is 23.7. The first-order valence-electron chi connectivity index (χ1n) is 14.8. The van der Waals surface area contributed by atoms with Crippen LogP contribution in [0, 0.1) is 0 Å². The van der Waals surface area contributed by atoms with Gasteiger partial charge in [-0.15, -0.1) is 0 Å². The second-order valence-electron chi connectivity index (χ2n) is 11.0. The third kappa shape index (κ3) is 4.43. The molecule has 0 heterocycles. The maximum absolute atomic E-state index is 2.43. The molecule has 1 nitrogen and oxygen atoms in total. The summed E-state index contributed by atoms with van der Waals surface area (Å²) < 4.78 is 0. The van der Waals surface area contributed by atoms with Gasteiger partial charge in [0.2, 0.25) is 0 Å². The highest BCUT2D eigenvalue weighted by Gasteiger charge is 2.22. The molecular weight excluding hydrogens is 518 g/mol. The van der Waals surface area contributed by atoms with Crippen molar-refractivity contribution in [2.24, 2.45) is 0 Å². The molecule has 0 atom stereocenters. The highest BCUT2D eigenvalue weighted by Crippen LogP contribution is 2.48. The van der Waals surface area contributed by atoms with Gasteiger partial charge in [0.05, 0.1) is 5.69 Å². The monoisotopic (exact) mass is 547 g/mol. The highest BCUT2D eigenvalue weighted by molar-refractivity contribution is 6.22. The largest absolute Gasteiger partial charge is 0.309 e. The Morgan fingerprint density at radius 1 is 0.302 bits per heavy atom. The second-order valence-corrected chi connectivity index (χ2v) is 11.0. The van der Waals surface area contributed by atoms with E-state index in [4.69, 9.17) is 0 Å². The average molecular weight is 548 g/mol. The summed E-state index contributed by atoms with van der Waals surface area (Å²) >= 11 is 0. The average Bonchev–Trinajstić information content (AvgIpc) is 3.09. The summed E-state index contributed by atoms with van der Waals surface area (Å²) in [5.41, 5.74) is 8.40. The fraction of sp³-hybridized carbons (Fsp3) is 0. The van der Waals surface area contributed by atoms with Crippen LogP contribution in [-0.4, -0.2) is 0 Å². The Hall–Kier alpha value is -5.66. The predicted octanol–water partition coefficient (Wildman–Crippen LogP) is 11.9. The van der Waals surface area contributed by atoms with Gasteiger partial charge in [-0.25, -0.2) is 0 Å². The Labute approximate surface area is 251 Å². The molecule has 8 aromatic rings. The molecule has 8 aromatic carbocycles. The van der Waals surface area contributed by atoms with Gasteiger partial charge in [0, 0.05) is 22.1 Å². The molecule has 8 rings (SSSR count). The molecule has 0 aliphatic heterocycles. The second kappa shape index (κ2) is 10.6. The molecule has 0 bridgehead atoms. The van der Waals surface area contributed by atoms with Gasteiger partial charge in [-0.1, -0.05) is 152 Å². The maximum atomic E-state index is 2.43. The molecule has 202 valence electrons. The lowest BCUT2D eigenvalue weighted by molar-refractivity contribution is 1.32. The van der Waals surface area contributed by atoms with Crippen LogP contribution in [0.5, 0.6) is 0 Å². The molecule has 0 aliphatic carbocycles. The molecule has 43 heavy (non-hydrogen) atoms. The number of benzene rings is 8. The molecule has 0 unspecified atom stereocenters. The van der Waals surface area contributed by atoms with Gasteiger partial charge in [0.1, 0.15) is 0 Å². The molecular formula is C42H29N. The molecule has 0 aromatic heterocycles. The van der Waals surface area contributed by atoms with Crippen LogP contribution < -0.4 is 4.90 Å². The number of fused-ring (bicyclic) bond motifs is 3. The van der Waals surface area contributed by atoms with Crippen molar-refractivity contribution >= 4 is 49.4 Å². The van der Waals surface area contributed by atoms with Crippen LogP contribution in [0.25, 0.3) is 54.6 Å². The third-order valence-corrected chi connectivity index (χ3v) is 8.41. The summed E-state index contributed by atoms with van der Waals surface area (Å²) in [6, 6.07) is 63.4. The van der Waals surface area contributed by atoms with E-state index in [-0.39, 0.29) is 0 Å². The standard InChI is InChI=1S/C42H29N/c1-3-13-30(14-4-1)32-23-25-33(26-24-32)41-37-19-9-11-21-39(37)42(40-22-12-10-20-38(40)41)43(35-17-5-2-6-18-35)36-28-27-31-15-7-8-16-34(31)29-36/h1-29H. The van der Waals surface area contributed by atoms with E-state index in [1.54, 1.807) is 0 Å². The summed E-state index contributed by atoms with van der Waals surface area (Å²) in [5, 5.41) is 7.39. The van der Waals surface area contributed by atoms with E-state index in [2.05, 4.69) is 181 Å². The van der Waals surface area contributed by atoms with Crippen LogP contribution >= 0.6 is 0 Å². The van der Waals surface area contributed by atoms with Crippen molar-refractivity contribution in [3.8, 4) is 22.3 Å². The Morgan fingerprint density at radius 2 is 0.791 bits per heavy atom. The van der Waals surface area contributed by atoms with Gasteiger partial charge < -0.3 is 4.90 Å². The molecule has 0 fully saturated rings. The first-order valence-corrected chi connectivity index (χ1v) is 14.8. The van der Waals surface area contributed by atoms with Crippen molar-refractivity contribution in [1.82, 2.24) is 0 Å². The number of nitrogens with zero attached hydrogens (tertiary/aromatic N) is 1.